The molecular formula is C15H20N4O. The summed E-state index contributed by atoms with van der Waals surface area (Å²) in [5.74, 6) is 0.156. The van der Waals surface area contributed by atoms with Crippen LogP contribution in [0.1, 0.15) is 25.5 Å². The fraction of sp³-hybridized carbons (Fsp3) is 0.467. The number of carbonyl (C=O) groups is 1. The Morgan fingerprint density at radius 1 is 1.45 bits per heavy atom. The number of aromatic nitrogens is 2. The summed E-state index contributed by atoms with van der Waals surface area (Å²) in [6.07, 6.45) is 1.51. The zero-order valence-electron chi connectivity index (χ0n) is 11.7. The van der Waals surface area contributed by atoms with Gasteiger partial charge in [0, 0.05) is 37.5 Å². The van der Waals surface area contributed by atoms with E-state index in [4.69, 9.17) is 0 Å². The quantitative estimate of drug-likeness (QED) is 0.885. The number of aryl methyl sites for hydroxylation is 1. The summed E-state index contributed by atoms with van der Waals surface area (Å²) in [6, 6.07) is 8.67. The van der Waals surface area contributed by atoms with E-state index in [1.807, 2.05) is 16.8 Å². The van der Waals surface area contributed by atoms with Crippen LogP contribution in [0.25, 0.3) is 10.9 Å². The molecule has 2 aromatic rings. The van der Waals surface area contributed by atoms with Crippen LogP contribution in [0.4, 0.5) is 0 Å². The van der Waals surface area contributed by atoms with E-state index in [1.54, 1.807) is 0 Å². The Hall–Kier alpha value is -1.88. The highest BCUT2D eigenvalue weighted by Crippen LogP contribution is 2.18. The Morgan fingerprint density at radius 3 is 3.05 bits per heavy atom. The van der Waals surface area contributed by atoms with E-state index >= 15 is 0 Å². The summed E-state index contributed by atoms with van der Waals surface area (Å²) in [6.45, 7) is 4.44. The molecule has 1 aromatic carbocycles. The van der Waals surface area contributed by atoms with Gasteiger partial charge in [0.2, 0.25) is 5.91 Å². The molecule has 1 unspecified atom stereocenters. The number of piperidine rings is 1. The molecule has 1 aliphatic rings. The molecule has 106 valence electrons. The van der Waals surface area contributed by atoms with Crippen molar-refractivity contribution >= 4 is 16.8 Å². The first-order chi connectivity index (χ1) is 9.78. The minimum absolute atomic E-state index is 0.156. The average molecular weight is 272 g/mol. The third-order valence-corrected chi connectivity index (χ3v) is 3.86. The molecule has 5 heteroatoms. The fourth-order valence-electron chi connectivity index (χ4n) is 2.72. The molecule has 1 atom stereocenters. The smallest absolute Gasteiger partial charge is 0.220 e. The summed E-state index contributed by atoms with van der Waals surface area (Å²) in [7, 11) is 0. The van der Waals surface area contributed by atoms with Gasteiger partial charge in [0.1, 0.15) is 0 Å². The van der Waals surface area contributed by atoms with Crippen LogP contribution >= 0.6 is 0 Å². The van der Waals surface area contributed by atoms with E-state index in [9.17, 15) is 4.79 Å². The standard InChI is InChI=1S/C15H20N4O/c1-2-19-14-6-4-3-5-12(14)13(18-19)10-16-11-7-8-15(20)17-9-11/h3-6,11,16H,2,7-10H2,1H3,(H,17,20). The summed E-state index contributed by atoms with van der Waals surface area (Å²) in [5, 5.41) is 12.3. The third kappa shape index (κ3) is 2.54. The van der Waals surface area contributed by atoms with Crippen molar-refractivity contribution in [3.05, 3.63) is 30.0 Å². The number of carbonyl (C=O) groups excluding carboxylic acids is 1. The minimum Gasteiger partial charge on any atom is -0.355 e. The van der Waals surface area contributed by atoms with Crippen molar-refractivity contribution in [3.8, 4) is 0 Å². The van der Waals surface area contributed by atoms with Crippen LogP contribution in [0.3, 0.4) is 0 Å². The van der Waals surface area contributed by atoms with Gasteiger partial charge >= 0.3 is 0 Å². The van der Waals surface area contributed by atoms with E-state index in [2.05, 4.69) is 34.8 Å². The van der Waals surface area contributed by atoms with Crippen molar-refractivity contribution in [2.45, 2.75) is 38.9 Å². The molecule has 0 aliphatic carbocycles. The van der Waals surface area contributed by atoms with Gasteiger partial charge in [-0.25, -0.2) is 0 Å². The number of hydrogen-bond acceptors (Lipinski definition) is 3. The van der Waals surface area contributed by atoms with E-state index in [1.165, 1.54) is 10.9 Å². The normalized spacial score (nSPS) is 19.2. The van der Waals surface area contributed by atoms with Gasteiger partial charge < -0.3 is 10.6 Å². The van der Waals surface area contributed by atoms with Gasteiger partial charge in [0.25, 0.3) is 0 Å². The Bertz CT molecular complexity index is 609. The number of rotatable bonds is 4. The molecule has 0 radical (unpaired) electrons. The second-order valence-electron chi connectivity index (χ2n) is 5.20. The van der Waals surface area contributed by atoms with E-state index in [-0.39, 0.29) is 5.91 Å². The largest absolute Gasteiger partial charge is 0.355 e. The lowest BCUT2D eigenvalue weighted by molar-refractivity contribution is -0.122. The Kier molecular flexibility index (Phi) is 3.69. The molecule has 20 heavy (non-hydrogen) atoms. The van der Waals surface area contributed by atoms with Crippen LogP contribution in [0, 0.1) is 0 Å². The van der Waals surface area contributed by atoms with E-state index in [0.29, 0.717) is 19.0 Å². The van der Waals surface area contributed by atoms with Gasteiger partial charge in [0.15, 0.2) is 0 Å². The van der Waals surface area contributed by atoms with Gasteiger partial charge in [0.05, 0.1) is 11.2 Å². The van der Waals surface area contributed by atoms with Crippen molar-refractivity contribution < 1.29 is 4.79 Å². The summed E-state index contributed by atoms with van der Waals surface area (Å²) in [5.41, 5.74) is 2.27. The monoisotopic (exact) mass is 272 g/mol. The second kappa shape index (κ2) is 5.63. The maximum atomic E-state index is 11.1. The Balaban J connectivity index is 1.73. The molecule has 5 nitrogen and oxygen atoms in total. The number of nitrogens with zero attached hydrogens (tertiary/aromatic N) is 2. The van der Waals surface area contributed by atoms with Crippen LogP contribution < -0.4 is 10.6 Å². The predicted molar refractivity (Wildman–Crippen MR) is 78.3 cm³/mol. The zero-order chi connectivity index (χ0) is 13.9. The third-order valence-electron chi connectivity index (χ3n) is 3.86. The van der Waals surface area contributed by atoms with Crippen LogP contribution in [-0.2, 0) is 17.9 Å². The molecule has 2 N–H and O–H groups in total. The van der Waals surface area contributed by atoms with Crippen molar-refractivity contribution in [1.29, 1.82) is 0 Å². The molecule has 0 spiro atoms. The molecule has 1 saturated heterocycles. The van der Waals surface area contributed by atoms with Gasteiger partial charge in [-0.05, 0) is 19.4 Å². The number of fused-ring (bicyclic) bond motifs is 1. The maximum Gasteiger partial charge on any atom is 0.220 e. The highest BCUT2D eigenvalue weighted by Gasteiger charge is 2.18. The first-order valence-electron chi connectivity index (χ1n) is 7.22. The lowest BCUT2D eigenvalue weighted by atomic mass is 10.1. The molecular weight excluding hydrogens is 252 g/mol. The van der Waals surface area contributed by atoms with Crippen LogP contribution in [0.5, 0.6) is 0 Å². The van der Waals surface area contributed by atoms with Crippen molar-refractivity contribution in [3.63, 3.8) is 0 Å². The number of hydrogen-bond donors (Lipinski definition) is 2. The maximum absolute atomic E-state index is 11.1. The van der Waals surface area contributed by atoms with Gasteiger partial charge in [-0.1, -0.05) is 18.2 Å². The second-order valence-corrected chi connectivity index (χ2v) is 5.20. The summed E-state index contributed by atoms with van der Waals surface area (Å²) >= 11 is 0. The van der Waals surface area contributed by atoms with E-state index < -0.39 is 0 Å². The Labute approximate surface area is 118 Å². The highest BCUT2D eigenvalue weighted by atomic mass is 16.1. The number of para-hydroxylation sites is 1. The zero-order valence-corrected chi connectivity index (χ0v) is 11.7. The molecule has 0 bridgehead atoms. The number of nitrogens with one attached hydrogen (secondary N) is 2. The molecule has 3 rings (SSSR count). The first kappa shape index (κ1) is 13.1. The average Bonchev–Trinajstić information content (AvgIpc) is 2.85. The van der Waals surface area contributed by atoms with Gasteiger partial charge in [-0.3, -0.25) is 9.48 Å². The van der Waals surface area contributed by atoms with Crippen LogP contribution in [0.2, 0.25) is 0 Å². The lowest BCUT2D eigenvalue weighted by Gasteiger charge is -2.23. The van der Waals surface area contributed by atoms with E-state index in [0.717, 1.165) is 25.2 Å². The SMILES string of the molecule is CCn1nc(CNC2CCC(=O)NC2)c2ccccc21. The summed E-state index contributed by atoms with van der Waals surface area (Å²) < 4.78 is 2.04. The number of amides is 1. The van der Waals surface area contributed by atoms with Crippen molar-refractivity contribution in [1.82, 2.24) is 20.4 Å². The fourth-order valence-corrected chi connectivity index (χ4v) is 2.72. The highest BCUT2D eigenvalue weighted by molar-refractivity contribution is 5.82. The molecule has 0 saturated carbocycles. The van der Waals surface area contributed by atoms with Crippen molar-refractivity contribution in [2.75, 3.05) is 6.54 Å². The Morgan fingerprint density at radius 2 is 2.30 bits per heavy atom. The predicted octanol–water partition coefficient (Wildman–Crippen LogP) is 1.42. The van der Waals surface area contributed by atoms with Gasteiger partial charge in [-0.2, -0.15) is 5.10 Å². The van der Waals surface area contributed by atoms with Crippen LogP contribution in [-0.4, -0.2) is 28.3 Å². The molecule has 1 aromatic heterocycles. The molecule has 1 amide bonds. The summed E-state index contributed by atoms with van der Waals surface area (Å²) in [4.78, 5) is 11.1. The molecule has 1 aliphatic heterocycles. The molecule has 2 heterocycles. The first-order valence-corrected chi connectivity index (χ1v) is 7.22. The minimum atomic E-state index is 0.156. The van der Waals surface area contributed by atoms with Gasteiger partial charge in [-0.15, -0.1) is 0 Å². The lowest BCUT2D eigenvalue weighted by Crippen LogP contribution is -2.45. The molecule has 1 fully saturated rings. The van der Waals surface area contributed by atoms with Crippen LogP contribution in [0.15, 0.2) is 24.3 Å². The number of benzene rings is 1. The topological polar surface area (TPSA) is 59.0 Å². The van der Waals surface area contributed by atoms with Crippen molar-refractivity contribution in [2.24, 2.45) is 0 Å².